The maximum atomic E-state index is 13.4. The zero-order valence-corrected chi connectivity index (χ0v) is 21.4. The zero-order chi connectivity index (χ0) is 22.2. The van der Waals surface area contributed by atoms with Crippen LogP contribution in [0.2, 0.25) is 18.1 Å². The molecule has 0 radical (unpaired) electrons. The Kier molecular flexibility index (Phi) is 6.65. The average molecular weight is 451 g/mol. The molecule has 1 atom stereocenters. The summed E-state index contributed by atoms with van der Waals surface area (Å²) in [6, 6.07) is 2.02. The summed E-state index contributed by atoms with van der Waals surface area (Å²) in [5, 5.41) is 9.21. The smallest absolute Gasteiger partial charge is 0.194 e. The molecule has 0 amide bonds. The molecular formula is C21H38N6OSSi. The number of aromatic nitrogens is 3. The maximum Gasteiger partial charge on any atom is 0.194 e. The van der Waals surface area contributed by atoms with E-state index in [0.29, 0.717) is 5.92 Å². The number of anilines is 1. The Morgan fingerprint density at radius 3 is 2.57 bits per heavy atom. The fourth-order valence-corrected chi connectivity index (χ4v) is 9.52. The van der Waals surface area contributed by atoms with Crippen molar-refractivity contribution in [3.05, 3.63) is 18.5 Å². The monoisotopic (exact) mass is 450 g/mol. The van der Waals surface area contributed by atoms with Gasteiger partial charge < -0.3 is 5.32 Å². The lowest BCUT2D eigenvalue weighted by Gasteiger charge is -2.37. The van der Waals surface area contributed by atoms with Gasteiger partial charge in [-0.25, -0.2) is 18.2 Å². The highest BCUT2D eigenvalue weighted by Gasteiger charge is 2.38. The van der Waals surface area contributed by atoms with Gasteiger partial charge in [-0.05, 0) is 49.9 Å². The van der Waals surface area contributed by atoms with Gasteiger partial charge in [0.05, 0.1) is 21.5 Å². The predicted molar refractivity (Wildman–Crippen MR) is 130 cm³/mol. The molecule has 1 aliphatic rings. The molecule has 168 valence electrons. The molecule has 7 nitrogen and oxygen atoms in total. The number of aryl methyl sites for hydroxylation is 1. The third kappa shape index (κ3) is 4.89. The number of nitrogens with zero attached hydrogens (tertiary/aromatic N) is 5. The Hall–Kier alpha value is -1.45. The first-order chi connectivity index (χ1) is 13.9. The second-order valence-corrected chi connectivity index (χ2v) is 17.4. The molecule has 0 aliphatic carbocycles. The van der Waals surface area contributed by atoms with Crippen LogP contribution >= 0.6 is 0 Å². The van der Waals surface area contributed by atoms with E-state index < -0.39 is 18.2 Å². The van der Waals surface area contributed by atoms with Crippen LogP contribution in [0.3, 0.4) is 0 Å². The van der Waals surface area contributed by atoms with Gasteiger partial charge in [0, 0.05) is 44.3 Å². The second-order valence-electron chi connectivity index (χ2n) is 9.97. The van der Waals surface area contributed by atoms with Gasteiger partial charge >= 0.3 is 0 Å². The van der Waals surface area contributed by atoms with E-state index in [9.17, 15) is 4.21 Å². The van der Waals surface area contributed by atoms with Gasteiger partial charge in [0.15, 0.2) is 13.9 Å². The maximum absolute atomic E-state index is 13.4. The van der Waals surface area contributed by atoms with E-state index in [0.717, 1.165) is 55.7 Å². The number of fused-ring (bicyclic) bond motifs is 1. The van der Waals surface area contributed by atoms with E-state index in [1.54, 1.807) is 0 Å². The Morgan fingerprint density at radius 1 is 1.30 bits per heavy atom. The highest BCUT2D eigenvalue weighted by molar-refractivity contribution is 7.91. The first-order valence-corrected chi connectivity index (χ1v) is 15.8. The van der Waals surface area contributed by atoms with Crippen molar-refractivity contribution in [2.75, 3.05) is 31.2 Å². The molecule has 1 N–H and O–H groups in total. The first-order valence-electron chi connectivity index (χ1n) is 11.0. The van der Waals surface area contributed by atoms with E-state index >= 15 is 0 Å². The van der Waals surface area contributed by atoms with E-state index in [4.69, 9.17) is 4.03 Å². The highest BCUT2D eigenvalue weighted by atomic mass is 32.2. The van der Waals surface area contributed by atoms with Gasteiger partial charge in [0.1, 0.15) is 0 Å². The molecule has 1 aliphatic heterocycles. The van der Waals surface area contributed by atoms with E-state index in [1.807, 2.05) is 29.4 Å². The van der Waals surface area contributed by atoms with Gasteiger partial charge in [-0.2, -0.15) is 5.10 Å². The van der Waals surface area contributed by atoms with Crippen LogP contribution in [0.25, 0.3) is 11.0 Å². The minimum absolute atomic E-state index is 0.107. The van der Waals surface area contributed by atoms with Crippen molar-refractivity contribution in [3.8, 4) is 0 Å². The van der Waals surface area contributed by atoms with Crippen molar-refractivity contribution in [3.63, 3.8) is 0 Å². The largest absolute Gasteiger partial charge is 0.384 e. The first kappa shape index (κ1) is 23.2. The molecule has 3 heterocycles. The number of rotatable bonds is 6. The molecule has 30 heavy (non-hydrogen) atoms. The molecule has 0 spiro atoms. The van der Waals surface area contributed by atoms with Crippen LogP contribution in [0.15, 0.2) is 22.5 Å². The molecule has 1 unspecified atom stereocenters. The third-order valence-electron chi connectivity index (χ3n) is 6.71. The van der Waals surface area contributed by atoms with Crippen LogP contribution < -0.4 is 5.32 Å². The van der Waals surface area contributed by atoms with Gasteiger partial charge in [0.2, 0.25) is 0 Å². The van der Waals surface area contributed by atoms with Crippen molar-refractivity contribution in [2.24, 2.45) is 9.95 Å². The number of piperidine rings is 1. The van der Waals surface area contributed by atoms with E-state index in [2.05, 4.69) is 60.5 Å². The molecule has 0 aromatic carbocycles. The molecule has 2 aromatic rings. The van der Waals surface area contributed by atoms with Crippen LogP contribution in [0.4, 0.5) is 5.69 Å². The van der Waals surface area contributed by atoms with Crippen molar-refractivity contribution < 1.29 is 4.21 Å². The van der Waals surface area contributed by atoms with Gasteiger partial charge in [-0.3, -0.25) is 4.03 Å². The minimum Gasteiger partial charge on any atom is -0.384 e. The molecule has 1 fully saturated rings. The van der Waals surface area contributed by atoms with Gasteiger partial charge in [-0.1, -0.05) is 20.8 Å². The molecule has 0 bridgehead atoms. The quantitative estimate of drug-likeness (QED) is 0.653. The Labute approximate surface area is 183 Å². The Balaban J connectivity index is 1.61. The molecule has 9 heteroatoms. The number of pyridine rings is 1. The standard InChI is InChI=1S/C21H38N6OSSi/c1-8-27-20-18(16-24-27)19(9-12-22-20)23-15-17-10-13-26(14-11-17)29(5,28)25-30(6,7)21(2,3)4/h9,12,16-17H,8,10-11,13-15H2,1-7H3,(H,22,23). The van der Waals surface area contributed by atoms with Gasteiger partial charge in [-0.15, -0.1) is 0 Å². The normalized spacial score (nSPS) is 19.0. The van der Waals surface area contributed by atoms with Gasteiger partial charge in [0.25, 0.3) is 0 Å². The van der Waals surface area contributed by atoms with Crippen LogP contribution in [-0.4, -0.2) is 57.4 Å². The summed E-state index contributed by atoms with van der Waals surface area (Å²) in [7, 11) is -4.26. The average Bonchev–Trinajstić information content (AvgIpc) is 3.09. The Morgan fingerprint density at radius 2 is 1.97 bits per heavy atom. The summed E-state index contributed by atoms with van der Waals surface area (Å²) in [4.78, 5) is 4.47. The molecule has 3 rings (SSSR count). The Bertz CT molecular complexity index is 995. The predicted octanol–water partition coefficient (Wildman–Crippen LogP) is 4.59. The van der Waals surface area contributed by atoms with Crippen LogP contribution in [0, 0.1) is 5.92 Å². The van der Waals surface area contributed by atoms with Crippen LogP contribution in [0.1, 0.15) is 40.5 Å². The van der Waals surface area contributed by atoms with Crippen molar-refractivity contribution in [1.29, 1.82) is 0 Å². The number of nitrogens with one attached hydrogen (secondary N) is 1. The fourth-order valence-electron chi connectivity index (χ4n) is 3.69. The molecular weight excluding hydrogens is 412 g/mol. The lowest BCUT2D eigenvalue weighted by molar-refractivity contribution is 0.291. The lowest BCUT2D eigenvalue weighted by Crippen LogP contribution is -2.43. The topological polar surface area (TPSA) is 75.4 Å². The molecule has 0 saturated carbocycles. The number of hydrogen-bond acceptors (Lipinski definition) is 5. The SMILES string of the molecule is CCn1ncc2c(NCC3CCN(S(C)(=O)=N[Si](C)(C)C(C)(C)C)CC3)ccnc21. The summed E-state index contributed by atoms with van der Waals surface area (Å²) in [5.41, 5.74) is 2.02. The van der Waals surface area contributed by atoms with Crippen molar-refractivity contribution in [2.45, 2.75) is 65.2 Å². The summed E-state index contributed by atoms with van der Waals surface area (Å²) in [6.07, 6.45) is 7.65. The summed E-state index contributed by atoms with van der Waals surface area (Å²) < 4.78 is 22.4. The van der Waals surface area contributed by atoms with Crippen molar-refractivity contribution >= 4 is 34.9 Å². The van der Waals surface area contributed by atoms with E-state index in [1.165, 1.54) is 0 Å². The van der Waals surface area contributed by atoms with Crippen LogP contribution in [0.5, 0.6) is 0 Å². The number of hydrogen-bond donors (Lipinski definition) is 1. The highest BCUT2D eigenvalue weighted by Crippen LogP contribution is 2.38. The third-order valence-corrected chi connectivity index (χ3v) is 14.9. The summed E-state index contributed by atoms with van der Waals surface area (Å²) in [5.74, 6) is 0.564. The lowest BCUT2D eigenvalue weighted by atomic mass is 9.98. The minimum atomic E-state index is -2.31. The summed E-state index contributed by atoms with van der Waals surface area (Å²) >= 11 is 0. The fraction of sp³-hybridized carbons (Fsp3) is 0.714. The second kappa shape index (κ2) is 8.59. The van der Waals surface area contributed by atoms with Crippen molar-refractivity contribution in [1.82, 2.24) is 19.1 Å². The molecule has 2 aromatic heterocycles. The molecule has 1 saturated heterocycles. The van der Waals surface area contributed by atoms with E-state index in [-0.39, 0.29) is 5.04 Å². The zero-order valence-electron chi connectivity index (χ0n) is 19.6. The summed E-state index contributed by atoms with van der Waals surface area (Å²) in [6.45, 7) is 16.6. The van der Waals surface area contributed by atoms with Crippen LogP contribution in [-0.2, 0) is 16.5 Å².